The largest absolute Gasteiger partial charge is 0.354 e. The average molecular weight is 560 g/mol. The van der Waals surface area contributed by atoms with Crippen molar-refractivity contribution in [1.82, 2.24) is 14.5 Å². The van der Waals surface area contributed by atoms with Crippen molar-refractivity contribution >= 4 is 33.4 Å². The Morgan fingerprint density at radius 3 is 2.24 bits per heavy atom. The summed E-state index contributed by atoms with van der Waals surface area (Å²) < 4.78 is 41.8. The first kappa shape index (κ1) is 29.3. The van der Waals surface area contributed by atoms with Gasteiger partial charge in [-0.1, -0.05) is 67.1 Å². The molecule has 7 nitrogen and oxygen atoms in total. The number of nitrogens with one attached hydrogen (secondary N) is 1. The van der Waals surface area contributed by atoms with Gasteiger partial charge in [0, 0.05) is 37.1 Å². The predicted octanol–water partition coefficient (Wildman–Crippen LogP) is 4.27. The minimum absolute atomic E-state index is 0.0284. The molecule has 0 bridgehead atoms. The maximum Gasteiger partial charge on any atom is 0.243 e. The predicted molar refractivity (Wildman–Crippen MR) is 145 cm³/mol. The van der Waals surface area contributed by atoms with Gasteiger partial charge in [-0.05, 0) is 42.3 Å². The van der Waals surface area contributed by atoms with Crippen molar-refractivity contribution in [2.24, 2.45) is 0 Å². The highest BCUT2D eigenvalue weighted by Gasteiger charge is 2.33. The zero-order valence-corrected chi connectivity index (χ0v) is 22.9. The van der Waals surface area contributed by atoms with Gasteiger partial charge in [0.25, 0.3) is 0 Å². The molecule has 202 valence electrons. The van der Waals surface area contributed by atoms with Gasteiger partial charge in [-0.2, -0.15) is 4.31 Å². The zero-order valence-electron chi connectivity index (χ0n) is 21.3. The lowest BCUT2D eigenvalue weighted by atomic mass is 10.0. The molecule has 0 aromatic heterocycles. The van der Waals surface area contributed by atoms with Crippen LogP contribution in [0.2, 0.25) is 5.02 Å². The summed E-state index contributed by atoms with van der Waals surface area (Å²) in [6, 6.07) is 19.8. The summed E-state index contributed by atoms with van der Waals surface area (Å²) in [4.78, 5) is 28.3. The smallest absolute Gasteiger partial charge is 0.243 e. The third-order valence-electron chi connectivity index (χ3n) is 6.00. The number of hydrogen-bond donors (Lipinski definition) is 1. The van der Waals surface area contributed by atoms with Crippen LogP contribution in [0, 0.1) is 5.82 Å². The van der Waals surface area contributed by atoms with Crippen molar-refractivity contribution in [3.05, 3.63) is 101 Å². The highest BCUT2D eigenvalue weighted by atomic mass is 35.5. The van der Waals surface area contributed by atoms with E-state index in [4.69, 9.17) is 11.6 Å². The van der Waals surface area contributed by atoms with Gasteiger partial charge in [-0.25, -0.2) is 12.8 Å². The van der Waals surface area contributed by atoms with Gasteiger partial charge in [0.15, 0.2) is 0 Å². The van der Waals surface area contributed by atoms with Crippen LogP contribution in [0.25, 0.3) is 0 Å². The molecule has 3 aromatic rings. The summed E-state index contributed by atoms with van der Waals surface area (Å²) in [6.07, 6.45) is 0.858. The topological polar surface area (TPSA) is 86.8 Å². The van der Waals surface area contributed by atoms with Crippen LogP contribution >= 0.6 is 11.6 Å². The van der Waals surface area contributed by atoms with Crippen molar-refractivity contribution < 1.29 is 22.4 Å². The molecule has 2 amide bonds. The minimum atomic E-state index is -4.03. The Bertz CT molecular complexity index is 1340. The van der Waals surface area contributed by atoms with E-state index in [-0.39, 0.29) is 23.4 Å². The number of likely N-dealkylation sites (N-methyl/N-ethyl adjacent to an activating group) is 1. The highest BCUT2D eigenvalue weighted by molar-refractivity contribution is 7.89. The molecule has 38 heavy (non-hydrogen) atoms. The van der Waals surface area contributed by atoms with E-state index in [1.165, 1.54) is 54.4 Å². The molecule has 0 aliphatic heterocycles. The normalized spacial score (nSPS) is 12.2. The van der Waals surface area contributed by atoms with Crippen molar-refractivity contribution in [2.45, 2.75) is 37.2 Å². The van der Waals surface area contributed by atoms with Gasteiger partial charge in [-0.15, -0.1) is 0 Å². The fourth-order valence-corrected chi connectivity index (χ4v) is 5.13. The Kier molecular flexibility index (Phi) is 10.4. The summed E-state index contributed by atoms with van der Waals surface area (Å²) in [6.45, 7) is 1.55. The molecule has 10 heteroatoms. The van der Waals surface area contributed by atoms with Crippen molar-refractivity contribution in [2.75, 3.05) is 20.1 Å². The third-order valence-corrected chi connectivity index (χ3v) is 8.07. The number of carbonyl (C=O) groups is 2. The fourth-order valence-electron chi connectivity index (χ4n) is 3.88. The van der Waals surface area contributed by atoms with Crippen LogP contribution in [0.5, 0.6) is 0 Å². The first-order chi connectivity index (χ1) is 18.1. The second-order valence-electron chi connectivity index (χ2n) is 8.82. The number of nitrogens with zero attached hydrogens (tertiary/aromatic N) is 2. The lowest BCUT2D eigenvalue weighted by Gasteiger charge is -2.32. The molecule has 1 atom stereocenters. The van der Waals surface area contributed by atoms with Crippen LogP contribution in [-0.2, 0) is 32.6 Å². The maximum absolute atomic E-state index is 14.7. The first-order valence-corrected chi connectivity index (χ1v) is 14.0. The fraction of sp³-hybridized carbons (Fsp3) is 0.286. The Morgan fingerprint density at radius 1 is 0.974 bits per heavy atom. The third kappa shape index (κ3) is 7.63. The van der Waals surface area contributed by atoms with Gasteiger partial charge in [-0.3, -0.25) is 9.59 Å². The molecule has 0 aliphatic carbocycles. The molecule has 0 saturated heterocycles. The summed E-state index contributed by atoms with van der Waals surface area (Å²) in [7, 11) is -2.75. The molecule has 1 N–H and O–H groups in total. The van der Waals surface area contributed by atoms with Crippen molar-refractivity contribution in [1.29, 1.82) is 0 Å². The number of halogens is 2. The quantitative estimate of drug-likeness (QED) is 0.359. The Hall–Kier alpha value is -3.27. The van der Waals surface area contributed by atoms with Crippen LogP contribution in [0.1, 0.15) is 24.5 Å². The van der Waals surface area contributed by atoms with E-state index in [9.17, 15) is 22.4 Å². The number of benzene rings is 3. The van der Waals surface area contributed by atoms with E-state index in [0.29, 0.717) is 18.0 Å². The number of sulfonamides is 1. The van der Waals surface area contributed by atoms with Crippen LogP contribution in [0.3, 0.4) is 0 Å². The second-order valence-corrected chi connectivity index (χ2v) is 11.3. The molecule has 0 unspecified atom stereocenters. The molecular weight excluding hydrogens is 529 g/mol. The summed E-state index contributed by atoms with van der Waals surface area (Å²) in [5.74, 6) is -1.57. The lowest BCUT2D eigenvalue weighted by Crippen LogP contribution is -2.53. The van der Waals surface area contributed by atoms with Gasteiger partial charge in [0.2, 0.25) is 21.8 Å². The van der Waals surface area contributed by atoms with Crippen LogP contribution < -0.4 is 5.32 Å². The van der Waals surface area contributed by atoms with Crippen molar-refractivity contribution in [3.63, 3.8) is 0 Å². The SMILES string of the molecule is CCCNC(=O)[C@H](Cc1ccccc1)N(Cc1ccccc1F)C(=O)CN(C)S(=O)(=O)c1ccc(Cl)cc1. The van der Waals surface area contributed by atoms with Crippen LogP contribution in [-0.4, -0.2) is 55.6 Å². The Balaban J connectivity index is 1.97. The van der Waals surface area contributed by atoms with Gasteiger partial charge in [0.1, 0.15) is 11.9 Å². The van der Waals surface area contributed by atoms with E-state index < -0.39 is 40.2 Å². The number of carbonyl (C=O) groups excluding carboxylic acids is 2. The highest BCUT2D eigenvalue weighted by Crippen LogP contribution is 2.20. The Morgan fingerprint density at radius 2 is 1.61 bits per heavy atom. The molecule has 0 heterocycles. The zero-order chi connectivity index (χ0) is 27.7. The second kappa shape index (κ2) is 13.5. The van der Waals surface area contributed by atoms with E-state index in [2.05, 4.69) is 5.32 Å². The average Bonchev–Trinajstić information content (AvgIpc) is 2.91. The summed E-state index contributed by atoms with van der Waals surface area (Å²) >= 11 is 5.89. The van der Waals surface area contributed by atoms with E-state index >= 15 is 0 Å². The minimum Gasteiger partial charge on any atom is -0.354 e. The van der Waals surface area contributed by atoms with E-state index in [1.54, 1.807) is 6.07 Å². The maximum atomic E-state index is 14.7. The Labute approximate surface area is 228 Å². The molecule has 0 saturated carbocycles. The molecule has 0 aliphatic rings. The molecule has 3 aromatic carbocycles. The number of hydrogen-bond acceptors (Lipinski definition) is 4. The lowest BCUT2D eigenvalue weighted by molar-refractivity contribution is -0.141. The van der Waals surface area contributed by atoms with Gasteiger partial charge < -0.3 is 10.2 Å². The first-order valence-electron chi connectivity index (χ1n) is 12.2. The monoisotopic (exact) mass is 559 g/mol. The molecule has 0 radical (unpaired) electrons. The van der Waals surface area contributed by atoms with E-state index in [1.807, 2.05) is 37.3 Å². The van der Waals surface area contributed by atoms with E-state index in [0.717, 1.165) is 9.87 Å². The summed E-state index contributed by atoms with van der Waals surface area (Å²) in [5.41, 5.74) is 1.02. The molecule has 0 spiro atoms. The number of rotatable bonds is 12. The number of amides is 2. The van der Waals surface area contributed by atoms with Crippen molar-refractivity contribution in [3.8, 4) is 0 Å². The molecule has 0 fully saturated rings. The summed E-state index contributed by atoms with van der Waals surface area (Å²) in [5, 5.41) is 3.21. The van der Waals surface area contributed by atoms with Crippen LogP contribution in [0.15, 0.2) is 83.8 Å². The van der Waals surface area contributed by atoms with Gasteiger partial charge >= 0.3 is 0 Å². The van der Waals surface area contributed by atoms with Crippen LogP contribution in [0.4, 0.5) is 4.39 Å². The van der Waals surface area contributed by atoms with Gasteiger partial charge in [0.05, 0.1) is 11.4 Å². The molecule has 3 rings (SSSR count). The standard InChI is InChI=1S/C28H31ClFN3O4S/c1-3-17-31-28(35)26(18-21-9-5-4-6-10-21)33(19-22-11-7-8-12-25(22)30)27(34)20-32(2)38(36,37)24-15-13-23(29)14-16-24/h4-16,26H,3,17-20H2,1-2H3,(H,31,35)/t26-/m0/s1. The molecular formula is C28H31ClFN3O4S.